The van der Waals surface area contributed by atoms with Crippen LogP contribution in [-0.2, 0) is 0 Å². The van der Waals surface area contributed by atoms with E-state index in [9.17, 15) is 4.79 Å². The van der Waals surface area contributed by atoms with Crippen molar-refractivity contribution in [3.05, 3.63) is 29.3 Å². The van der Waals surface area contributed by atoms with Gasteiger partial charge in [-0.2, -0.15) is 0 Å². The summed E-state index contributed by atoms with van der Waals surface area (Å²) in [5.74, 6) is -0.0250. The Morgan fingerprint density at radius 2 is 2.19 bits per heavy atom. The minimum absolute atomic E-state index is 0.362. The molecule has 1 fully saturated rings. The zero-order valence-electron chi connectivity index (χ0n) is 9.73. The van der Waals surface area contributed by atoms with Gasteiger partial charge in [-0.3, -0.25) is 0 Å². The first-order valence-electron chi connectivity index (χ1n) is 5.63. The molecule has 0 radical (unpaired) electrons. The SMILES string of the molecule is Cc1cc(C(=O)O)ccc1N(C)CC1CC1. The monoisotopic (exact) mass is 219 g/mol. The maximum Gasteiger partial charge on any atom is 0.335 e. The fourth-order valence-corrected chi connectivity index (χ4v) is 2.00. The van der Waals surface area contributed by atoms with Gasteiger partial charge in [0.05, 0.1) is 5.56 Å². The lowest BCUT2D eigenvalue weighted by molar-refractivity contribution is 0.0697. The molecule has 1 aromatic carbocycles. The van der Waals surface area contributed by atoms with Gasteiger partial charge in [-0.05, 0) is 49.4 Å². The van der Waals surface area contributed by atoms with E-state index in [0.29, 0.717) is 5.56 Å². The van der Waals surface area contributed by atoms with Crippen molar-refractivity contribution in [2.45, 2.75) is 19.8 Å². The number of carboxylic acid groups (broad SMARTS) is 1. The number of hydrogen-bond donors (Lipinski definition) is 1. The van der Waals surface area contributed by atoms with Gasteiger partial charge in [0.1, 0.15) is 0 Å². The van der Waals surface area contributed by atoms with Gasteiger partial charge >= 0.3 is 5.97 Å². The average Bonchev–Trinajstić information content (AvgIpc) is 3.01. The number of rotatable bonds is 4. The van der Waals surface area contributed by atoms with Gasteiger partial charge in [0.25, 0.3) is 0 Å². The fraction of sp³-hybridized carbons (Fsp3) is 0.462. The van der Waals surface area contributed by atoms with Gasteiger partial charge < -0.3 is 10.0 Å². The van der Waals surface area contributed by atoms with Crippen molar-refractivity contribution in [3.8, 4) is 0 Å². The minimum atomic E-state index is -0.862. The van der Waals surface area contributed by atoms with Crippen LogP contribution in [-0.4, -0.2) is 24.7 Å². The van der Waals surface area contributed by atoms with Crippen LogP contribution in [0.1, 0.15) is 28.8 Å². The van der Waals surface area contributed by atoms with Crippen LogP contribution < -0.4 is 4.90 Å². The van der Waals surface area contributed by atoms with Crippen LogP contribution in [0.25, 0.3) is 0 Å². The van der Waals surface area contributed by atoms with Crippen LogP contribution in [0.5, 0.6) is 0 Å². The number of carboxylic acids is 1. The van der Waals surface area contributed by atoms with Crippen molar-refractivity contribution in [2.24, 2.45) is 5.92 Å². The molecule has 0 bridgehead atoms. The van der Waals surface area contributed by atoms with E-state index < -0.39 is 5.97 Å². The van der Waals surface area contributed by atoms with Gasteiger partial charge in [-0.15, -0.1) is 0 Å². The lowest BCUT2D eigenvalue weighted by Crippen LogP contribution is -2.20. The molecule has 0 spiro atoms. The Morgan fingerprint density at radius 1 is 1.50 bits per heavy atom. The molecule has 0 heterocycles. The Hall–Kier alpha value is -1.51. The van der Waals surface area contributed by atoms with Crippen LogP contribution in [0.2, 0.25) is 0 Å². The Labute approximate surface area is 95.7 Å². The summed E-state index contributed by atoms with van der Waals surface area (Å²) in [5.41, 5.74) is 2.53. The molecule has 3 heteroatoms. The highest BCUT2D eigenvalue weighted by Crippen LogP contribution is 2.31. The normalized spacial score (nSPS) is 14.9. The molecule has 0 saturated heterocycles. The van der Waals surface area contributed by atoms with Crippen LogP contribution in [0, 0.1) is 12.8 Å². The standard InChI is InChI=1S/C13H17NO2/c1-9-7-11(13(15)16)5-6-12(9)14(2)8-10-3-4-10/h5-7,10H,3-4,8H2,1-2H3,(H,15,16). The lowest BCUT2D eigenvalue weighted by atomic mass is 10.1. The molecule has 1 aliphatic rings. The van der Waals surface area contributed by atoms with E-state index in [1.54, 1.807) is 12.1 Å². The summed E-state index contributed by atoms with van der Waals surface area (Å²) >= 11 is 0. The first kappa shape index (κ1) is 11.0. The molecule has 1 saturated carbocycles. The van der Waals surface area contributed by atoms with Crippen molar-refractivity contribution < 1.29 is 9.90 Å². The van der Waals surface area contributed by atoms with E-state index in [2.05, 4.69) is 11.9 Å². The molecule has 16 heavy (non-hydrogen) atoms. The Balaban J connectivity index is 2.17. The molecule has 3 nitrogen and oxygen atoms in total. The van der Waals surface area contributed by atoms with E-state index in [4.69, 9.17) is 5.11 Å². The third-order valence-corrected chi connectivity index (χ3v) is 3.08. The van der Waals surface area contributed by atoms with Crippen molar-refractivity contribution >= 4 is 11.7 Å². The van der Waals surface area contributed by atoms with E-state index >= 15 is 0 Å². The summed E-state index contributed by atoms with van der Waals surface area (Å²) in [6.45, 7) is 3.04. The maximum atomic E-state index is 10.8. The molecule has 1 N–H and O–H groups in total. The Bertz CT molecular complexity index is 410. The van der Waals surface area contributed by atoms with E-state index in [1.165, 1.54) is 12.8 Å². The fourth-order valence-electron chi connectivity index (χ4n) is 2.00. The summed E-state index contributed by atoms with van der Waals surface area (Å²) in [4.78, 5) is 13.0. The van der Waals surface area contributed by atoms with E-state index in [1.807, 2.05) is 13.0 Å². The van der Waals surface area contributed by atoms with Crippen LogP contribution in [0.4, 0.5) is 5.69 Å². The summed E-state index contributed by atoms with van der Waals surface area (Å²) in [6.07, 6.45) is 2.66. The highest BCUT2D eigenvalue weighted by Gasteiger charge is 2.23. The zero-order valence-corrected chi connectivity index (χ0v) is 9.73. The number of aryl methyl sites for hydroxylation is 1. The van der Waals surface area contributed by atoms with Gasteiger partial charge in [0.15, 0.2) is 0 Å². The summed E-state index contributed by atoms with van der Waals surface area (Å²) in [6, 6.07) is 5.32. The number of anilines is 1. The largest absolute Gasteiger partial charge is 0.478 e. The minimum Gasteiger partial charge on any atom is -0.478 e. The molecule has 86 valence electrons. The van der Waals surface area contributed by atoms with Crippen molar-refractivity contribution in [1.29, 1.82) is 0 Å². The predicted octanol–water partition coefficient (Wildman–Crippen LogP) is 2.54. The molecule has 0 unspecified atom stereocenters. The van der Waals surface area contributed by atoms with Crippen LogP contribution >= 0.6 is 0 Å². The van der Waals surface area contributed by atoms with Crippen molar-refractivity contribution in [2.75, 3.05) is 18.5 Å². The Kier molecular flexibility index (Phi) is 2.86. The first-order valence-corrected chi connectivity index (χ1v) is 5.63. The second kappa shape index (κ2) is 4.16. The Morgan fingerprint density at radius 3 is 2.69 bits per heavy atom. The topological polar surface area (TPSA) is 40.5 Å². The molecular weight excluding hydrogens is 202 g/mol. The molecule has 0 atom stereocenters. The molecule has 0 amide bonds. The first-order chi connectivity index (χ1) is 7.58. The van der Waals surface area contributed by atoms with Crippen molar-refractivity contribution in [3.63, 3.8) is 0 Å². The number of benzene rings is 1. The average molecular weight is 219 g/mol. The molecule has 2 rings (SSSR count). The predicted molar refractivity (Wildman–Crippen MR) is 64.1 cm³/mol. The maximum absolute atomic E-state index is 10.8. The summed E-state index contributed by atoms with van der Waals surface area (Å²) < 4.78 is 0. The van der Waals surface area contributed by atoms with Crippen LogP contribution in [0.15, 0.2) is 18.2 Å². The van der Waals surface area contributed by atoms with Gasteiger partial charge in [-0.1, -0.05) is 0 Å². The van der Waals surface area contributed by atoms with E-state index in [0.717, 1.165) is 23.7 Å². The number of carbonyl (C=O) groups is 1. The smallest absolute Gasteiger partial charge is 0.335 e. The van der Waals surface area contributed by atoms with Gasteiger partial charge in [-0.25, -0.2) is 4.79 Å². The third-order valence-electron chi connectivity index (χ3n) is 3.08. The number of aromatic carboxylic acids is 1. The highest BCUT2D eigenvalue weighted by atomic mass is 16.4. The molecule has 0 aromatic heterocycles. The lowest BCUT2D eigenvalue weighted by Gasteiger charge is -2.21. The second-order valence-corrected chi connectivity index (χ2v) is 4.63. The molecule has 1 aromatic rings. The van der Waals surface area contributed by atoms with Crippen LogP contribution in [0.3, 0.4) is 0 Å². The quantitative estimate of drug-likeness (QED) is 0.846. The number of hydrogen-bond acceptors (Lipinski definition) is 2. The van der Waals surface area contributed by atoms with Crippen molar-refractivity contribution in [1.82, 2.24) is 0 Å². The van der Waals surface area contributed by atoms with Gasteiger partial charge in [0, 0.05) is 19.3 Å². The molecular formula is C13H17NO2. The van der Waals surface area contributed by atoms with E-state index in [-0.39, 0.29) is 0 Å². The third kappa shape index (κ3) is 2.35. The zero-order chi connectivity index (χ0) is 11.7. The molecule has 0 aliphatic heterocycles. The molecule has 1 aliphatic carbocycles. The summed E-state index contributed by atoms with van der Waals surface area (Å²) in [7, 11) is 2.07. The highest BCUT2D eigenvalue weighted by molar-refractivity contribution is 5.88. The summed E-state index contributed by atoms with van der Waals surface area (Å²) in [5, 5.41) is 8.88. The number of nitrogens with zero attached hydrogens (tertiary/aromatic N) is 1. The second-order valence-electron chi connectivity index (χ2n) is 4.63. The van der Waals surface area contributed by atoms with Gasteiger partial charge in [0.2, 0.25) is 0 Å².